The van der Waals surface area contributed by atoms with Gasteiger partial charge in [-0.05, 0) is 48.6 Å². The van der Waals surface area contributed by atoms with Crippen LogP contribution in [0.1, 0.15) is 24.3 Å². The van der Waals surface area contributed by atoms with Gasteiger partial charge in [-0.1, -0.05) is 0 Å². The Hall–Kier alpha value is -2.96. The van der Waals surface area contributed by atoms with E-state index in [0.717, 1.165) is 29.3 Å². The van der Waals surface area contributed by atoms with Gasteiger partial charge in [0.15, 0.2) is 0 Å². The summed E-state index contributed by atoms with van der Waals surface area (Å²) in [7, 11) is 0. The van der Waals surface area contributed by atoms with Crippen LogP contribution in [0.15, 0.2) is 43.0 Å². The van der Waals surface area contributed by atoms with Gasteiger partial charge in [0.05, 0.1) is 0 Å². The number of amides is 2. The summed E-state index contributed by atoms with van der Waals surface area (Å²) in [4.78, 5) is 25.1. The third-order valence-electron chi connectivity index (χ3n) is 4.71. The van der Waals surface area contributed by atoms with Crippen LogP contribution in [0.25, 0.3) is 10.9 Å². The molecule has 2 N–H and O–H groups in total. The molecule has 1 aliphatic rings. The minimum atomic E-state index is -0.227. The molecule has 7 heteroatoms. The number of nitrogens with one attached hydrogen (secondary N) is 2. The van der Waals surface area contributed by atoms with Crippen molar-refractivity contribution < 1.29 is 9.18 Å². The molecule has 0 spiro atoms. The van der Waals surface area contributed by atoms with Crippen molar-refractivity contribution >= 4 is 22.8 Å². The van der Waals surface area contributed by atoms with Gasteiger partial charge in [-0.15, -0.1) is 0 Å². The number of aromatic nitrogens is 3. The molecule has 0 radical (unpaired) electrons. The molecule has 4 rings (SSSR count). The molecule has 0 atom stereocenters. The molecule has 1 saturated heterocycles. The number of likely N-dealkylation sites (tertiary alicyclic amines) is 1. The Kier molecular flexibility index (Phi) is 4.05. The van der Waals surface area contributed by atoms with E-state index < -0.39 is 0 Å². The van der Waals surface area contributed by atoms with Crippen molar-refractivity contribution in [2.75, 3.05) is 18.4 Å². The predicted octanol–water partition coefficient (Wildman–Crippen LogP) is 3.51. The minimum absolute atomic E-state index is 0.151. The van der Waals surface area contributed by atoms with Gasteiger partial charge in [0, 0.05) is 36.4 Å². The number of halogens is 1. The van der Waals surface area contributed by atoms with Crippen molar-refractivity contribution in [3.8, 4) is 0 Å². The van der Waals surface area contributed by atoms with Gasteiger partial charge in [-0.25, -0.2) is 19.2 Å². The fraction of sp³-hybridized carbons (Fsp3) is 0.278. The van der Waals surface area contributed by atoms with E-state index in [4.69, 9.17) is 0 Å². The zero-order valence-corrected chi connectivity index (χ0v) is 13.6. The molecule has 2 amide bonds. The maximum Gasteiger partial charge on any atom is 0.323 e. The number of hydrogen-bond donors (Lipinski definition) is 2. The summed E-state index contributed by atoms with van der Waals surface area (Å²) in [6.45, 7) is 1.31. The number of H-pyrrole nitrogens is 1. The van der Waals surface area contributed by atoms with E-state index in [2.05, 4.69) is 20.3 Å². The molecule has 1 fully saturated rings. The average Bonchev–Trinajstić information content (AvgIpc) is 3.05. The summed E-state index contributed by atoms with van der Waals surface area (Å²) in [5, 5.41) is 3.71. The van der Waals surface area contributed by atoms with E-state index in [1.807, 2.05) is 6.20 Å². The number of rotatable bonds is 2. The van der Waals surface area contributed by atoms with Crippen molar-refractivity contribution in [2.45, 2.75) is 18.8 Å². The van der Waals surface area contributed by atoms with Crippen LogP contribution in [0, 0.1) is 5.82 Å². The van der Waals surface area contributed by atoms with Crippen LogP contribution in [0.3, 0.4) is 0 Å². The number of carbonyl (C=O) groups is 1. The first-order valence-corrected chi connectivity index (χ1v) is 8.29. The van der Waals surface area contributed by atoms with Gasteiger partial charge in [-0.3, -0.25) is 5.32 Å². The fourth-order valence-corrected chi connectivity index (χ4v) is 3.40. The highest BCUT2D eigenvalue weighted by atomic mass is 19.1. The first kappa shape index (κ1) is 15.6. The number of aromatic amines is 1. The SMILES string of the molecule is O=C(Nc1ccncn1)N1CCC(c2c[nH]c3ccc(F)cc23)CC1. The zero-order chi connectivity index (χ0) is 17.2. The number of anilines is 1. The Morgan fingerprint density at radius 1 is 1.28 bits per heavy atom. The lowest BCUT2D eigenvalue weighted by Gasteiger charge is -2.31. The molecule has 2 aromatic heterocycles. The molecular formula is C18H18FN5O. The van der Waals surface area contributed by atoms with Crippen molar-refractivity contribution in [2.24, 2.45) is 0 Å². The molecule has 0 bridgehead atoms. The molecule has 0 unspecified atom stereocenters. The lowest BCUT2D eigenvalue weighted by molar-refractivity contribution is 0.194. The summed E-state index contributed by atoms with van der Waals surface area (Å²) in [5.74, 6) is 0.586. The number of nitrogens with zero attached hydrogens (tertiary/aromatic N) is 3. The van der Waals surface area contributed by atoms with Gasteiger partial charge in [0.1, 0.15) is 18.0 Å². The topological polar surface area (TPSA) is 73.9 Å². The molecule has 128 valence electrons. The van der Waals surface area contributed by atoms with Gasteiger partial charge in [-0.2, -0.15) is 0 Å². The van der Waals surface area contributed by atoms with E-state index in [0.29, 0.717) is 24.8 Å². The smallest absolute Gasteiger partial charge is 0.323 e. The van der Waals surface area contributed by atoms with E-state index in [1.54, 1.807) is 29.3 Å². The number of fused-ring (bicyclic) bond motifs is 1. The van der Waals surface area contributed by atoms with E-state index in [1.165, 1.54) is 12.4 Å². The summed E-state index contributed by atoms with van der Waals surface area (Å²) in [6, 6.07) is 6.31. The van der Waals surface area contributed by atoms with E-state index in [-0.39, 0.29) is 11.8 Å². The largest absolute Gasteiger partial charge is 0.361 e. The second-order valence-corrected chi connectivity index (χ2v) is 6.22. The Bertz CT molecular complexity index is 887. The maximum atomic E-state index is 13.6. The molecule has 3 aromatic rings. The summed E-state index contributed by atoms with van der Waals surface area (Å²) >= 11 is 0. The Morgan fingerprint density at radius 3 is 2.88 bits per heavy atom. The van der Waals surface area contributed by atoms with Crippen molar-refractivity contribution in [1.82, 2.24) is 19.9 Å². The number of hydrogen-bond acceptors (Lipinski definition) is 3. The standard InChI is InChI=1S/C18H18FN5O/c19-13-1-2-16-14(9-13)15(10-21-16)12-4-7-24(8-5-12)18(25)23-17-3-6-20-11-22-17/h1-3,6,9-12,21H,4-5,7-8H2,(H,20,22,23,25). The van der Waals surface area contributed by atoms with Crippen LogP contribution in [0.4, 0.5) is 15.0 Å². The van der Waals surface area contributed by atoms with E-state index >= 15 is 0 Å². The first-order valence-electron chi connectivity index (χ1n) is 8.29. The monoisotopic (exact) mass is 339 g/mol. The summed E-state index contributed by atoms with van der Waals surface area (Å²) in [6.07, 6.45) is 6.65. The highest BCUT2D eigenvalue weighted by molar-refractivity contribution is 5.88. The Balaban J connectivity index is 1.42. The van der Waals surface area contributed by atoms with Gasteiger partial charge in [0.2, 0.25) is 0 Å². The predicted molar refractivity (Wildman–Crippen MR) is 92.9 cm³/mol. The molecule has 25 heavy (non-hydrogen) atoms. The van der Waals surface area contributed by atoms with Gasteiger partial charge >= 0.3 is 6.03 Å². The quantitative estimate of drug-likeness (QED) is 0.750. The zero-order valence-electron chi connectivity index (χ0n) is 13.6. The van der Waals surface area contributed by atoms with Crippen LogP contribution in [-0.4, -0.2) is 39.0 Å². The lowest BCUT2D eigenvalue weighted by atomic mass is 9.89. The molecular weight excluding hydrogens is 321 g/mol. The third kappa shape index (κ3) is 3.17. The Labute approximate surface area is 144 Å². The van der Waals surface area contributed by atoms with Crippen LogP contribution in [0.2, 0.25) is 0 Å². The van der Waals surface area contributed by atoms with Crippen molar-refractivity contribution in [3.63, 3.8) is 0 Å². The average molecular weight is 339 g/mol. The fourth-order valence-electron chi connectivity index (χ4n) is 3.40. The normalized spacial score (nSPS) is 15.5. The molecule has 3 heterocycles. The number of piperidine rings is 1. The molecule has 0 saturated carbocycles. The third-order valence-corrected chi connectivity index (χ3v) is 4.71. The van der Waals surface area contributed by atoms with Crippen molar-refractivity contribution in [3.05, 3.63) is 54.4 Å². The van der Waals surface area contributed by atoms with Crippen LogP contribution < -0.4 is 5.32 Å². The highest BCUT2D eigenvalue weighted by Crippen LogP contribution is 2.33. The molecule has 0 aliphatic carbocycles. The Morgan fingerprint density at radius 2 is 2.12 bits per heavy atom. The van der Waals surface area contributed by atoms with Crippen LogP contribution in [-0.2, 0) is 0 Å². The minimum Gasteiger partial charge on any atom is -0.361 e. The van der Waals surface area contributed by atoms with Gasteiger partial charge < -0.3 is 9.88 Å². The molecule has 6 nitrogen and oxygen atoms in total. The summed E-state index contributed by atoms with van der Waals surface area (Å²) < 4.78 is 13.6. The second kappa shape index (κ2) is 6.51. The molecule has 1 aliphatic heterocycles. The number of benzene rings is 1. The first-order chi connectivity index (χ1) is 12.2. The maximum absolute atomic E-state index is 13.6. The molecule has 1 aromatic carbocycles. The number of urea groups is 1. The summed E-state index contributed by atoms with van der Waals surface area (Å²) in [5.41, 5.74) is 2.07. The van der Waals surface area contributed by atoms with Crippen molar-refractivity contribution in [1.29, 1.82) is 0 Å². The second-order valence-electron chi connectivity index (χ2n) is 6.22. The number of carbonyl (C=O) groups excluding carboxylic acids is 1. The van der Waals surface area contributed by atoms with E-state index in [9.17, 15) is 9.18 Å². The highest BCUT2D eigenvalue weighted by Gasteiger charge is 2.25. The van der Waals surface area contributed by atoms with Crippen LogP contribution >= 0.6 is 0 Å². The lowest BCUT2D eigenvalue weighted by Crippen LogP contribution is -2.40. The van der Waals surface area contributed by atoms with Crippen LogP contribution in [0.5, 0.6) is 0 Å². The van der Waals surface area contributed by atoms with Gasteiger partial charge in [0.25, 0.3) is 0 Å².